The van der Waals surface area contributed by atoms with Crippen LogP contribution in [-0.2, 0) is 4.79 Å². The molecule has 4 nitrogen and oxygen atoms in total. The van der Waals surface area contributed by atoms with Crippen LogP contribution in [-0.4, -0.2) is 11.8 Å². The van der Waals surface area contributed by atoms with E-state index in [0.717, 1.165) is 24.5 Å². The Morgan fingerprint density at radius 2 is 2.00 bits per heavy atom. The zero-order valence-electron chi connectivity index (χ0n) is 12.3. The van der Waals surface area contributed by atoms with Crippen molar-refractivity contribution in [2.45, 2.75) is 19.8 Å². The molecule has 1 heterocycles. The number of carbonyl (C=O) groups excluding carboxylic acids is 2. The van der Waals surface area contributed by atoms with Crippen molar-refractivity contribution in [2.75, 3.05) is 10.6 Å². The van der Waals surface area contributed by atoms with Crippen molar-refractivity contribution in [3.63, 3.8) is 0 Å². The van der Waals surface area contributed by atoms with Gasteiger partial charge in [-0.25, -0.2) is 4.39 Å². The highest BCUT2D eigenvalue weighted by molar-refractivity contribution is 7.18. The number of amides is 2. The summed E-state index contributed by atoms with van der Waals surface area (Å²) >= 11 is 6.86. The Labute approximate surface area is 141 Å². The molecule has 0 saturated heterocycles. The van der Waals surface area contributed by atoms with Crippen molar-refractivity contribution in [1.82, 2.24) is 0 Å². The van der Waals surface area contributed by atoms with Gasteiger partial charge in [0.25, 0.3) is 5.91 Å². The van der Waals surface area contributed by atoms with Crippen LogP contribution in [0.15, 0.2) is 24.3 Å². The SMILES string of the molecule is Cc1cc(NC(=O)C2CC2)sc1C(=O)Nc1ccc(Cl)cc1F. The lowest BCUT2D eigenvalue weighted by atomic mass is 10.2. The van der Waals surface area contributed by atoms with Crippen LogP contribution >= 0.6 is 22.9 Å². The van der Waals surface area contributed by atoms with Crippen LogP contribution in [0.2, 0.25) is 5.02 Å². The number of anilines is 2. The molecular formula is C16H14ClFN2O2S. The average Bonchev–Trinajstić information content (AvgIpc) is 3.26. The Bertz CT molecular complexity index is 786. The van der Waals surface area contributed by atoms with E-state index < -0.39 is 11.7 Å². The van der Waals surface area contributed by atoms with Crippen LogP contribution in [0.25, 0.3) is 0 Å². The Morgan fingerprint density at radius 1 is 1.26 bits per heavy atom. The van der Waals surface area contributed by atoms with E-state index in [-0.39, 0.29) is 22.5 Å². The van der Waals surface area contributed by atoms with Gasteiger partial charge in [0.05, 0.1) is 15.6 Å². The van der Waals surface area contributed by atoms with Gasteiger partial charge in [0.1, 0.15) is 5.82 Å². The number of carbonyl (C=O) groups is 2. The molecule has 0 atom stereocenters. The molecule has 120 valence electrons. The van der Waals surface area contributed by atoms with E-state index in [1.807, 2.05) is 0 Å². The van der Waals surface area contributed by atoms with Gasteiger partial charge in [-0.2, -0.15) is 0 Å². The lowest BCUT2D eigenvalue weighted by Crippen LogP contribution is -2.13. The molecule has 0 unspecified atom stereocenters. The number of hydrogen-bond donors (Lipinski definition) is 2. The molecule has 7 heteroatoms. The van der Waals surface area contributed by atoms with Crippen molar-refractivity contribution in [2.24, 2.45) is 5.92 Å². The topological polar surface area (TPSA) is 58.2 Å². The highest BCUT2D eigenvalue weighted by Gasteiger charge is 2.30. The summed E-state index contributed by atoms with van der Waals surface area (Å²) in [4.78, 5) is 24.5. The molecular weight excluding hydrogens is 339 g/mol. The minimum Gasteiger partial charge on any atom is -0.319 e. The van der Waals surface area contributed by atoms with E-state index in [0.29, 0.717) is 9.88 Å². The first-order chi connectivity index (χ1) is 10.9. The molecule has 2 amide bonds. The maximum Gasteiger partial charge on any atom is 0.266 e. The summed E-state index contributed by atoms with van der Waals surface area (Å²) in [7, 11) is 0. The van der Waals surface area contributed by atoms with Crippen LogP contribution in [0.4, 0.5) is 15.1 Å². The summed E-state index contributed by atoms with van der Waals surface area (Å²) in [5.74, 6) is -0.928. The molecule has 1 fully saturated rings. The van der Waals surface area contributed by atoms with Crippen molar-refractivity contribution < 1.29 is 14.0 Å². The maximum absolute atomic E-state index is 13.7. The maximum atomic E-state index is 13.7. The molecule has 2 aromatic rings. The fourth-order valence-corrected chi connectivity index (χ4v) is 3.24. The predicted molar refractivity (Wildman–Crippen MR) is 89.8 cm³/mol. The van der Waals surface area contributed by atoms with Crippen molar-refractivity contribution >= 4 is 45.4 Å². The van der Waals surface area contributed by atoms with Crippen LogP contribution in [0.1, 0.15) is 28.1 Å². The molecule has 0 aliphatic heterocycles. The highest BCUT2D eigenvalue weighted by Crippen LogP contribution is 2.33. The predicted octanol–water partition coefficient (Wildman–Crippen LogP) is 4.45. The second-order valence-electron chi connectivity index (χ2n) is 5.46. The Kier molecular flexibility index (Phi) is 4.37. The lowest BCUT2D eigenvalue weighted by molar-refractivity contribution is -0.117. The van der Waals surface area contributed by atoms with E-state index in [1.165, 1.54) is 23.5 Å². The van der Waals surface area contributed by atoms with E-state index in [9.17, 15) is 14.0 Å². The van der Waals surface area contributed by atoms with Gasteiger partial charge in [0.15, 0.2) is 0 Å². The standard InChI is InChI=1S/C16H14ClFN2O2S/c1-8-6-13(20-15(21)9-2-3-9)23-14(8)16(22)19-12-5-4-10(17)7-11(12)18/h4-7,9H,2-3H2,1H3,(H,19,22)(H,20,21). The summed E-state index contributed by atoms with van der Waals surface area (Å²) in [6.45, 7) is 1.77. The molecule has 3 rings (SSSR count). The van der Waals surface area contributed by atoms with Gasteiger partial charge in [0.2, 0.25) is 5.91 Å². The first-order valence-electron chi connectivity index (χ1n) is 7.12. The third kappa shape index (κ3) is 3.71. The van der Waals surface area contributed by atoms with E-state index in [4.69, 9.17) is 11.6 Å². The zero-order chi connectivity index (χ0) is 16.6. The van der Waals surface area contributed by atoms with Crippen LogP contribution < -0.4 is 10.6 Å². The molecule has 1 aromatic heterocycles. The molecule has 1 aromatic carbocycles. The zero-order valence-corrected chi connectivity index (χ0v) is 13.9. The Balaban J connectivity index is 1.73. The largest absolute Gasteiger partial charge is 0.319 e. The molecule has 2 N–H and O–H groups in total. The third-order valence-corrected chi connectivity index (χ3v) is 4.88. The molecule has 0 spiro atoms. The summed E-state index contributed by atoms with van der Waals surface area (Å²) in [6.07, 6.45) is 1.83. The number of halogens is 2. The minimum absolute atomic E-state index is 0.0121. The quantitative estimate of drug-likeness (QED) is 0.854. The fourth-order valence-electron chi connectivity index (χ4n) is 2.11. The Hall–Kier alpha value is -1.92. The second kappa shape index (κ2) is 6.29. The van der Waals surface area contributed by atoms with E-state index in [2.05, 4.69) is 10.6 Å². The average molecular weight is 353 g/mol. The lowest BCUT2D eigenvalue weighted by Gasteiger charge is -2.06. The molecule has 1 aliphatic rings. The summed E-state index contributed by atoms with van der Waals surface area (Å²) in [5.41, 5.74) is 0.795. The molecule has 0 radical (unpaired) electrons. The van der Waals surface area contributed by atoms with Gasteiger partial charge in [0, 0.05) is 10.9 Å². The number of benzene rings is 1. The summed E-state index contributed by atoms with van der Waals surface area (Å²) in [6, 6.07) is 5.80. The van der Waals surface area contributed by atoms with Gasteiger partial charge in [-0.3, -0.25) is 9.59 Å². The van der Waals surface area contributed by atoms with Crippen molar-refractivity contribution in [1.29, 1.82) is 0 Å². The van der Waals surface area contributed by atoms with Crippen LogP contribution in [0.5, 0.6) is 0 Å². The summed E-state index contributed by atoms with van der Waals surface area (Å²) in [5, 5.41) is 6.22. The minimum atomic E-state index is -0.595. The van der Waals surface area contributed by atoms with Gasteiger partial charge < -0.3 is 10.6 Å². The second-order valence-corrected chi connectivity index (χ2v) is 6.95. The number of thiophene rings is 1. The molecule has 1 saturated carbocycles. The van der Waals surface area contributed by atoms with E-state index in [1.54, 1.807) is 13.0 Å². The smallest absolute Gasteiger partial charge is 0.266 e. The van der Waals surface area contributed by atoms with Crippen LogP contribution in [0, 0.1) is 18.7 Å². The van der Waals surface area contributed by atoms with Crippen molar-refractivity contribution in [3.8, 4) is 0 Å². The number of rotatable bonds is 4. The van der Waals surface area contributed by atoms with Gasteiger partial charge in [-0.05, 0) is 49.6 Å². The first-order valence-corrected chi connectivity index (χ1v) is 8.31. The third-order valence-electron chi connectivity index (χ3n) is 3.50. The molecule has 0 bridgehead atoms. The fraction of sp³-hybridized carbons (Fsp3) is 0.250. The number of aryl methyl sites for hydroxylation is 1. The highest BCUT2D eigenvalue weighted by atomic mass is 35.5. The van der Waals surface area contributed by atoms with Gasteiger partial charge >= 0.3 is 0 Å². The van der Waals surface area contributed by atoms with Gasteiger partial charge in [-0.1, -0.05) is 11.6 Å². The number of hydrogen-bond acceptors (Lipinski definition) is 3. The van der Waals surface area contributed by atoms with E-state index >= 15 is 0 Å². The number of nitrogens with one attached hydrogen (secondary N) is 2. The molecule has 23 heavy (non-hydrogen) atoms. The van der Waals surface area contributed by atoms with Crippen LogP contribution in [0.3, 0.4) is 0 Å². The monoisotopic (exact) mass is 352 g/mol. The van der Waals surface area contributed by atoms with Crippen molar-refractivity contribution in [3.05, 3.63) is 45.5 Å². The Morgan fingerprint density at radius 3 is 2.65 bits per heavy atom. The normalized spacial score (nSPS) is 13.7. The summed E-state index contributed by atoms with van der Waals surface area (Å²) < 4.78 is 13.7. The first kappa shape index (κ1) is 16.0. The molecule has 1 aliphatic carbocycles. The van der Waals surface area contributed by atoms with Gasteiger partial charge in [-0.15, -0.1) is 11.3 Å².